The second-order valence-corrected chi connectivity index (χ2v) is 6.08. The van der Waals surface area contributed by atoms with Crippen LogP contribution < -0.4 is 5.73 Å². The number of likely N-dealkylation sites (N-methyl/N-ethyl adjacent to an activating group) is 2. The molecule has 3 nitrogen and oxygen atoms in total. The van der Waals surface area contributed by atoms with E-state index < -0.39 is 0 Å². The maximum atomic E-state index is 13.3. The topological polar surface area (TPSA) is 32.5 Å². The quantitative estimate of drug-likeness (QED) is 0.842. The third-order valence-electron chi connectivity index (χ3n) is 3.97. The van der Waals surface area contributed by atoms with Crippen molar-refractivity contribution < 1.29 is 4.39 Å². The van der Waals surface area contributed by atoms with Crippen LogP contribution in [0.3, 0.4) is 0 Å². The Balaban J connectivity index is 2.03. The van der Waals surface area contributed by atoms with Gasteiger partial charge in [0.15, 0.2) is 0 Å². The van der Waals surface area contributed by atoms with E-state index in [0.29, 0.717) is 11.6 Å². The van der Waals surface area contributed by atoms with Crippen LogP contribution in [0.5, 0.6) is 0 Å². The van der Waals surface area contributed by atoms with Crippen LogP contribution in [-0.4, -0.2) is 48.0 Å². The number of halogens is 1. The largest absolute Gasteiger partial charge is 0.389 e. The normalized spacial score (nSPS) is 19.7. The smallest absolute Gasteiger partial charge is 0.123 e. The lowest BCUT2D eigenvalue weighted by Gasteiger charge is -2.26. The molecule has 5 heteroatoms. The molecule has 0 aliphatic carbocycles. The minimum absolute atomic E-state index is 0.255. The number of benzene rings is 1. The second kappa shape index (κ2) is 6.61. The van der Waals surface area contributed by atoms with E-state index in [1.54, 1.807) is 6.07 Å². The van der Waals surface area contributed by atoms with E-state index in [4.69, 9.17) is 18.0 Å². The molecule has 0 radical (unpaired) electrons. The molecule has 1 aliphatic heterocycles. The van der Waals surface area contributed by atoms with Crippen molar-refractivity contribution in [2.75, 3.05) is 27.2 Å². The van der Waals surface area contributed by atoms with Gasteiger partial charge in [-0.3, -0.25) is 0 Å². The summed E-state index contributed by atoms with van der Waals surface area (Å²) in [6, 6.07) is 5.27. The molecule has 1 aromatic carbocycles. The highest BCUT2D eigenvalue weighted by atomic mass is 32.1. The summed E-state index contributed by atoms with van der Waals surface area (Å²) in [5.41, 5.74) is 7.32. The van der Waals surface area contributed by atoms with Crippen molar-refractivity contribution in [3.63, 3.8) is 0 Å². The highest BCUT2D eigenvalue weighted by molar-refractivity contribution is 7.80. The van der Waals surface area contributed by atoms with E-state index in [-0.39, 0.29) is 10.8 Å². The summed E-state index contributed by atoms with van der Waals surface area (Å²) in [6.45, 7) is 2.91. The molecule has 1 aromatic rings. The molecule has 0 spiro atoms. The third-order valence-corrected chi connectivity index (χ3v) is 4.19. The van der Waals surface area contributed by atoms with Gasteiger partial charge in [-0.1, -0.05) is 18.3 Å². The van der Waals surface area contributed by atoms with Gasteiger partial charge in [0.1, 0.15) is 10.8 Å². The number of thiocarbonyl (C=S) groups is 1. The van der Waals surface area contributed by atoms with E-state index in [2.05, 4.69) is 23.9 Å². The highest BCUT2D eigenvalue weighted by Gasteiger charge is 2.22. The molecule has 1 heterocycles. The Hall–Kier alpha value is -1.04. The van der Waals surface area contributed by atoms with Crippen molar-refractivity contribution in [1.29, 1.82) is 0 Å². The minimum Gasteiger partial charge on any atom is -0.389 e. The Morgan fingerprint density at radius 1 is 1.55 bits per heavy atom. The standard InChI is InChI=1S/C15H22FN3S/c1-18(10-13-4-3-7-19(13)2)9-11-5-6-12(16)8-14(11)15(17)20/h5-6,8,13H,3-4,7,9-10H2,1-2H3,(H2,17,20). The number of hydrogen-bond donors (Lipinski definition) is 1. The zero-order valence-electron chi connectivity index (χ0n) is 12.1. The first-order valence-corrected chi connectivity index (χ1v) is 7.35. The van der Waals surface area contributed by atoms with Gasteiger partial charge in [-0.2, -0.15) is 0 Å². The van der Waals surface area contributed by atoms with Crippen LogP contribution in [0.2, 0.25) is 0 Å². The average molecular weight is 295 g/mol. The van der Waals surface area contributed by atoms with Crippen LogP contribution in [0.15, 0.2) is 18.2 Å². The Kier molecular flexibility index (Phi) is 5.07. The number of nitrogens with two attached hydrogens (primary N) is 1. The van der Waals surface area contributed by atoms with Gasteiger partial charge in [0.05, 0.1) is 0 Å². The molecular formula is C15H22FN3S. The van der Waals surface area contributed by atoms with Crippen LogP contribution in [0, 0.1) is 5.82 Å². The molecule has 0 saturated carbocycles. The third kappa shape index (κ3) is 3.75. The first-order valence-electron chi connectivity index (χ1n) is 6.94. The van der Waals surface area contributed by atoms with Gasteiger partial charge in [-0.05, 0) is 51.2 Å². The molecule has 1 unspecified atom stereocenters. The van der Waals surface area contributed by atoms with Gasteiger partial charge in [0.2, 0.25) is 0 Å². The Bertz CT molecular complexity index is 492. The lowest BCUT2D eigenvalue weighted by atomic mass is 10.1. The molecule has 0 bridgehead atoms. The lowest BCUT2D eigenvalue weighted by molar-refractivity contribution is 0.215. The summed E-state index contributed by atoms with van der Waals surface area (Å²) in [4.78, 5) is 4.91. The average Bonchev–Trinajstić information content (AvgIpc) is 2.77. The van der Waals surface area contributed by atoms with Gasteiger partial charge in [-0.25, -0.2) is 4.39 Å². The molecule has 1 atom stereocenters. The van der Waals surface area contributed by atoms with Crippen molar-refractivity contribution in [2.45, 2.75) is 25.4 Å². The number of likely N-dealkylation sites (tertiary alicyclic amines) is 1. The molecule has 0 aromatic heterocycles. The van der Waals surface area contributed by atoms with Crippen molar-refractivity contribution in [2.24, 2.45) is 5.73 Å². The Morgan fingerprint density at radius 2 is 2.30 bits per heavy atom. The SMILES string of the molecule is CN(Cc1ccc(F)cc1C(N)=S)CC1CCCN1C. The van der Waals surface area contributed by atoms with E-state index in [9.17, 15) is 4.39 Å². The van der Waals surface area contributed by atoms with Gasteiger partial charge >= 0.3 is 0 Å². The zero-order valence-corrected chi connectivity index (χ0v) is 12.9. The van der Waals surface area contributed by atoms with Crippen molar-refractivity contribution in [1.82, 2.24) is 9.80 Å². The first-order chi connectivity index (χ1) is 9.47. The number of nitrogens with zero attached hydrogens (tertiary/aromatic N) is 2. The van der Waals surface area contributed by atoms with Crippen LogP contribution >= 0.6 is 12.2 Å². The molecule has 1 saturated heterocycles. The van der Waals surface area contributed by atoms with Gasteiger partial charge in [-0.15, -0.1) is 0 Å². The fourth-order valence-corrected chi connectivity index (χ4v) is 3.03. The molecule has 20 heavy (non-hydrogen) atoms. The summed E-state index contributed by atoms with van der Waals surface area (Å²) in [5, 5.41) is 0. The van der Waals surface area contributed by atoms with Crippen molar-refractivity contribution >= 4 is 17.2 Å². The fourth-order valence-electron chi connectivity index (χ4n) is 2.84. The summed E-state index contributed by atoms with van der Waals surface area (Å²) in [6.07, 6.45) is 2.51. The molecule has 2 rings (SSSR count). The summed E-state index contributed by atoms with van der Waals surface area (Å²) in [5.74, 6) is -0.297. The zero-order chi connectivity index (χ0) is 14.7. The lowest BCUT2D eigenvalue weighted by Crippen LogP contribution is -2.36. The molecule has 1 fully saturated rings. The van der Waals surface area contributed by atoms with Crippen molar-refractivity contribution in [3.8, 4) is 0 Å². The predicted molar refractivity (Wildman–Crippen MR) is 84.3 cm³/mol. The van der Waals surface area contributed by atoms with E-state index in [0.717, 1.165) is 18.7 Å². The van der Waals surface area contributed by atoms with Crippen LogP contribution in [0.25, 0.3) is 0 Å². The van der Waals surface area contributed by atoms with E-state index >= 15 is 0 Å². The van der Waals surface area contributed by atoms with Gasteiger partial charge in [0, 0.05) is 24.7 Å². The van der Waals surface area contributed by atoms with Gasteiger partial charge in [0.25, 0.3) is 0 Å². The van der Waals surface area contributed by atoms with Crippen LogP contribution in [0.4, 0.5) is 4.39 Å². The Morgan fingerprint density at radius 3 is 2.90 bits per heavy atom. The second-order valence-electron chi connectivity index (χ2n) is 5.64. The first kappa shape index (κ1) is 15.4. The Labute approximate surface area is 125 Å². The number of rotatable bonds is 5. The molecule has 110 valence electrons. The van der Waals surface area contributed by atoms with Crippen LogP contribution in [-0.2, 0) is 6.54 Å². The molecule has 2 N–H and O–H groups in total. The van der Waals surface area contributed by atoms with Crippen molar-refractivity contribution in [3.05, 3.63) is 35.1 Å². The summed E-state index contributed by atoms with van der Waals surface area (Å²) in [7, 11) is 4.25. The van der Waals surface area contributed by atoms with E-state index in [1.807, 2.05) is 0 Å². The molecule has 0 amide bonds. The summed E-state index contributed by atoms with van der Waals surface area (Å²) < 4.78 is 13.3. The predicted octanol–water partition coefficient (Wildman–Crippen LogP) is 1.99. The maximum absolute atomic E-state index is 13.3. The summed E-state index contributed by atoms with van der Waals surface area (Å²) >= 11 is 5.01. The van der Waals surface area contributed by atoms with Gasteiger partial charge < -0.3 is 15.5 Å². The minimum atomic E-state index is -0.297. The number of hydrogen-bond acceptors (Lipinski definition) is 3. The molecule has 1 aliphatic rings. The maximum Gasteiger partial charge on any atom is 0.123 e. The molecular weight excluding hydrogens is 273 g/mol. The van der Waals surface area contributed by atoms with E-state index in [1.165, 1.54) is 31.5 Å². The van der Waals surface area contributed by atoms with Crippen LogP contribution in [0.1, 0.15) is 24.0 Å². The fraction of sp³-hybridized carbons (Fsp3) is 0.533. The monoisotopic (exact) mass is 295 g/mol. The highest BCUT2D eigenvalue weighted by Crippen LogP contribution is 2.18.